The van der Waals surface area contributed by atoms with E-state index in [1.165, 1.54) is 5.56 Å². The van der Waals surface area contributed by atoms with Crippen molar-refractivity contribution in [2.45, 2.75) is 13.1 Å². The van der Waals surface area contributed by atoms with Crippen molar-refractivity contribution in [3.8, 4) is 0 Å². The summed E-state index contributed by atoms with van der Waals surface area (Å²) in [7, 11) is 4.05. The van der Waals surface area contributed by atoms with Gasteiger partial charge in [-0.15, -0.1) is 0 Å². The van der Waals surface area contributed by atoms with E-state index in [-0.39, 0.29) is 0 Å². The van der Waals surface area contributed by atoms with Crippen LogP contribution in [-0.4, -0.2) is 19.0 Å². The molecule has 0 bridgehead atoms. The molecule has 11 heavy (non-hydrogen) atoms. The van der Waals surface area contributed by atoms with Gasteiger partial charge in [0.25, 0.3) is 0 Å². The fourth-order valence-electron chi connectivity index (χ4n) is 0.981. The molecule has 0 aliphatic heterocycles. The molecule has 0 unspecified atom stereocenters. The van der Waals surface area contributed by atoms with Crippen LogP contribution in [-0.2, 0) is 13.1 Å². The van der Waals surface area contributed by atoms with E-state index in [0.717, 1.165) is 12.3 Å². The summed E-state index contributed by atoms with van der Waals surface area (Å²) < 4.78 is 5.16. The first-order valence-corrected chi connectivity index (χ1v) is 3.63. The van der Waals surface area contributed by atoms with Gasteiger partial charge < -0.3 is 15.1 Å². The zero-order valence-electron chi connectivity index (χ0n) is 7.00. The van der Waals surface area contributed by atoms with Gasteiger partial charge in [-0.3, -0.25) is 0 Å². The Morgan fingerprint density at radius 2 is 2.27 bits per heavy atom. The maximum atomic E-state index is 5.39. The Morgan fingerprint density at radius 1 is 1.55 bits per heavy atom. The van der Waals surface area contributed by atoms with Crippen molar-refractivity contribution >= 4 is 0 Å². The average Bonchev–Trinajstić information content (AvgIpc) is 2.34. The topological polar surface area (TPSA) is 42.4 Å². The van der Waals surface area contributed by atoms with Crippen molar-refractivity contribution in [3.63, 3.8) is 0 Å². The average molecular weight is 154 g/mol. The molecule has 0 amide bonds. The van der Waals surface area contributed by atoms with Gasteiger partial charge in [0.2, 0.25) is 0 Å². The molecule has 0 fully saturated rings. The molecule has 0 aliphatic carbocycles. The van der Waals surface area contributed by atoms with Crippen LogP contribution in [0.4, 0.5) is 0 Å². The Balaban J connectivity index is 2.58. The standard InChI is InChI=1S/C8H14N2O/c1-10(2)5-7-3-8(4-9)11-6-7/h3,6H,4-5,9H2,1-2H3. The van der Waals surface area contributed by atoms with Gasteiger partial charge in [-0.05, 0) is 20.2 Å². The van der Waals surface area contributed by atoms with E-state index in [0.29, 0.717) is 6.54 Å². The van der Waals surface area contributed by atoms with Crippen LogP contribution in [0.15, 0.2) is 16.7 Å². The number of hydrogen-bond acceptors (Lipinski definition) is 3. The summed E-state index contributed by atoms with van der Waals surface area (Å²) in [5.74, 6) is 0.849. The predicted molar refractivity (Wildman–Crippen MR) is 44.0 cm³/mol. The highest BCUT2D eigenvalue weighted by molar-refractivity contribution is 5.12. The summed E-state index contributed by atoms with van der Waals surface area (Å²) in [6.45, 7) is 1.39. The van der Waals surface area contributed by atoms with Gasteiger partial charge >= 0.3 is 0 Å². The second kappa shape index (κ2) is 3.55. The van der Waals surface area contributed by atoms with Gasteiger partial charge in [0.1, 0.15) is 5.76 Å². The minimum Gasteiger partial charge on any atom is -0.468 e. The van der Waals surface area contributed by atoms with Crippen LogP contribution in [0.3, 0.4) is 0 Å². The minimum absolute atomic E-state index is 0.480. The number of hydrogen-bond donors (Lipinski definition) is 1. The highest BCUT2D eigenvalue weighted by Gasteiger charge is 1.99. The molecule has 1 aromatic heterocycles. The zero-order valence-corrected chi connectivity index (χ0v) is 7.00. The number of rotatable bonds is 3. The third-order valence-corrected chi connectivity index (χ3v) is 1.41. The smallest absolute Gasteiger partial charge is 0.117 e. The fourth-order valence-corrected chi connectivity index (χ4v) is 0.981. The Bertz CT molecular complexity index is 218. The normalized spacial score (nSPS) is 10.9. The van der Waals surface area contributed by atoms with Crippen LogP contribution in [0.2, 0.25) is 0 Å². The Hall–Kier alpha value is -0.800. The third kappa shape index (κ3) is 2.37. The second-order valence-corrected chi connectivity index (χ2v) is 2.86. The lowest BCUT2D eigenvalue weighted by atomic mass is 10.3. The monoisotopic (exact) mass is 154 g/mol. The maximum Gasteiger partial charge on any atom is 0.117 e. The van der Waals surface area contributed by atoms with Gasteiger partial charge in [-0.25, -0.2) is 0 Å². The molecule has 0 aromatic carbocycles. The number of nitrogens with zero attached hydrogens (tertiary/aromatic N) is 1. The van der Waals surface area contributed by atoms with Crippen LogP contribution < -0.4 is 5.73 Å². The van der Waals surface area contributed by atoms with E-state index in [4.69, 9.17) is 10.2 Å². The van der Waals surface area contributed by atoms with Crippen molar-refractivity contribution in [1.82, 2.24) is 4.90 Å². The summed E-state index contributed by atoms with van der Waals surface area (Å²) in [5.41, 5.74) is 6.56. The lowest BCUT2D eigenvalue weighted by molar-refractivity contribution is 0.399. The van der Waals surface area contributed by atoms with E-state index in [2.05, 4.69) is 4.90 Å². The molecule has 3 heteroatoms. The van der Waals surface area contributed by atoms with Crippen molar-refractivity contribution in [2.24, 2.45) is 5.73 Å². The van der Waals surface area contributed by atoms with Crippen molar-refractivity contribution in [1.29, 1.82) is 0 Å². The molecule has 1 rings (SSSR count). The Labute approximate surface area is 66.8 Å². The van der Waals surface area contributed by atoms with Gasteiger partial charge in [0.05, 0.1) is 12.8 Å². The largest absolute Gasteiger partial charge is 0.468 e. The molecule has 1 aromatic rings. The van der Waals surface area contributed by atoms with Crippen molar-refractivity contribution < 1.29 is 4.42 Å². The third-order valence-electron chi connectivity index (χ3n) is 1.41. The van der Waals surface area contributed by atoms with Crippen molar-refractivity contribution in [3.05, 3.63) is 23.7 Å². The highest BCUT2D eigenvalue weighted by Crippen LogP contribution is 2.07. The first-order valence-electron chi connectivity index (χ1n) is 3.63. The molecular weight excluding hydrogens is 140 g/mol. The molecule has 0 saturated heterocycles. The molecule has 2 N–H and O–H groups in total. The molecule has 0 aliphatic rings. The van der Waals surface area contributed by atoms with Crippen molar-refractivity contribution in [2.75, 3.05) is 14.1 Å². The minimum atomic E-state index is 0.480. The summed E-state index contributed by atoms with van der Waals surface area (Å²) >= 11 is 0. The van der Waals surface area contributed by atoms with Crippen LogP contribution in [0, 0.1) is 0 Å². The molecule has 62 valence electrons. The first-order chi connectivity index (χ1) is 5.22. The molecule has 0 radical (unpaired) electrons. The quantitative estimate of drug-likeness (QED) is 0.700. The van der Waals surface area contributed by atoms with E-state index in [1.54, 1.807) is 6.26 Å². The van der Waals surface area contributed by atoms with Crippen LogP contribution in [0.25, 0.3) is 0 Å². The van der Waals surface area contributed by atoms with E-state index < -0.39 is 0 Å². The second-order valence-electron chi connectivity index (χ2n) is 2.86. The summed E-state index contributed by atoms with van der Waals surface area (Å²) in [5, 5.41) is 0. The summed E-state index contributed by atoms with van der Waals surface area (Å²) in [4.78, 5) is 2.09. The Morgan fingerprint density at radius 3 is 2.73 bits per heavy atom. The molecular formula is C8H14N2O. The van der Waals surface area contributed by atoms with E-state index >= 15 is 0 Å². The van der Waals surface area contributed by atoms with Crippen LogP contribution in [0.1, 0.15) is 11.3 Å². The molecule has 1 heterocycles. The zero-order chi connectivity index (χ0) is 8.27. The van der Waals surface area contributed by atoms with E-state index in [9.17, 15) is 0 Å². The Kier molecular flexibility index (Phi) is 2.68. The highest BCUT2D eigenvalue weighted by atomic mass is 16.3. The van der Waals surface area contributed by atoms with Gasteiger partial charge in [0, 0.05) is 12.1 Å². The van der Waals surface area contributed by atoms with Gasteiger partial charge in [0.15, 0.2) is 0 Å². The van der Waals surface area contributed by atoms with Crippen LogP contribution in [0.5, 0.6) is 0 Å². The molecule has 0 saturated carbocycles. The SMILES string of the molecule is CN(C)Cc1coc(CN)c1. The van der Waals surface area contributed by atoms with Gasteiger partial charge in [-0.2, -0.15) is 0 Å². The fraction of sp³-hybridized carbons (Fsp3) is 0.500. The lowest BCUT2D eigenvalue weighted by Crippen LogP contribution is -2.09. The molecule has 0 spiro atoms. The molecule has 0 atom stereocenters. The maximum absolute atomic E-state index is 5.39. The predicted octanol–water partition coefficient (Wildman–Crippen LogP) is 0.800. The summed E-state index contributed by atoms with van der Waals surface area (Å²) in [6, 6.07) is 1.99. The lowest BCUT2D eigenvalue weighted by Gasteiger charge is -2.05. The summed E-state index contributed by atoms with van der Waals surface area (Å²) in [6.07, 6.45) is 1.75. The molecule has 3 nitrogen and oxygen atoms in total. The van der Waals surface area contributed by atoms with E-state index in [1.807, 2.05) is 20.2 Å². The first kappa shape index (κ1) is 8.30. The van der Waals surface area contributed by atoms with Gasteiger partial charge in [-0.1, -0.05) is 0 Å². The van der Waals surface area contributed by atoms with Crippen LogP contribution >= 0.6 is 0 Å². The number of furan rings is 1. The number of nitrogens with two attached hydrogens (primary N) is 1.